The number of ether oxygens (including phenoxy) is 1. The van der Waals surface area contributed by atoms with Gasteiger partial charge < -0.3 is 15.4 Å². The summed E-state index contributed by atoms with van der Waals surface area (Å²) < 4.78 is 5.31. The van der Waals surface area contributed by atoms with E-state index in [2.05, 4.69) is 10.6 Å². The SMILES string of the molecule is COc1ccc(NC(=O)CC(C)C)cc1NC(=O)c1ccccc1C. The first-order valence-corrected chi connectivity index (χ1v) is 8.25. The van der Waals surface area contributed by atoms with Crippen LogP contribution in [0.3, 0.4) is 0 Å². The van der Waals surface area contributed by atoms with Crippen molar-refractivity contribution in [1.29, 1.82) is 0 Å². The average molecular weight is 340 g/mol. The average Bonchev–Trinajstić information content (AvgIpc) is 2.54. The highest BCUT2D eigenvalue weighted by Crippen LogP contribution is 2.28. The van der Waals surface area contributed by atoms with Crippen LogP contribution < -0.4 is 15.4 Å². The lowest BCUT2D eigenvalue weighted by molar-refractivity contribution is -0.116. The molecule has 5 nitrogen and oxygen atoms in total. The zero-order chi connectivity index (χ0) is 18.4. The number of carbonyl (C=O) groups excluding carboxylic acids is 2. The number of hydrogen-bond donors (Lipinski definition) is 2. The van der Waals surface area contributed by atoms with Gasteiger partial charge in [0.05, 0.1) is 12.8 Å². The quantitative estimate of drug-likeness (QED) is 0.826. The van der Waals surface area contributed by atoms with Crippen molar-refractivity contribution in [3.63, 3.8) is 0 Å². The number of carbonyl (C=O) groups is 2. The Morgan fingerprint density at radius 1 is 1.08 bits per heavy atom. The van der Waals surface area contributed by atoms with Crippen LogP contribution in [0.4, 0.5) is 11.4 Å². The molecule has 132 valence electrons. The van der Waals surface area contributed by atoms with Gasteiger partial charge >= 0.3 is 0 Å². The van der Waals surface area contributed by atoms with Crippen molar-refractivity contribution in [2.24, 2.45) is 5.92 Å². The Balaban J connectivity index is 2.21. The fraction of sp³-hybridized carbons (Fsp3) is 0.300. The first-order chi connectivity index (χ1) is 11.9. The molecule has 5 heteroatoms. The third-order valence-electron chi connectivity index (χ3n) is 3.71. The molecule has 25 heavy (non-hydrogen) atoms. The molecule has 0 fully saturated rings. The number of rotatable bonds is 6. The lowest BCUT2D eigenvalue weighted by atomic mass is 10.1. The molecule has 0 aromatic heterocycles. The van der Waals surface area contributed by atoms with Gasteiger partial charge in [-0.25, -0.2) is 0 Å². The Hall–Kier alpha value is -2.82. The molecule has 0 unspecified atom stereocenters. The molecular weight excluding hydrogens is 316 g/mol. The van der Waals surface area contributed by atoms with Gasteiger partial charge in [0, 0.05) is 17.7 Å². The number of amides is 2. The summed E-state index contributed by atoms with van der Waals surface area (Å²) in [6, 6.07) is 12.5. The largest absolute Gasteiger partial charge is 0.495 e. The van der Waals surface area contributed by atoms with Crippen LogP contribution in [0.2, 0.25) is 0 Å². The third kappa shape index (κ3) is 5.08. The lowest BCUT2D eigenvalue weighted by Gasteiger charge is -2.14. The summed E-state index contributed by atoms with van der Waals surface area (Å²) in [5.41, 5.74) is 2.61. The van der Waals surface area contributed by atoms with E-state index in [1.165, 1.54) is 7.11 Å². The lowest BCUT2D eigenvalue weighted by Crippen LogP contribution is -2.16. The van der Waals surface area contributed by atoms with Crippen LogP contribution >= 0.6 is 0 Å². The first kappa shape index (κ1) is 18.5. The molecule has 2 aromatic rings. The zero-order valence-electron chi connectivity index (χ0n) is 15.1. The molecule has 2 N–H and O–H groups in total. The van der Waals surface area contributed by atoms with E-state index in [0.29, 0.717) is 29.1 Å². The highest BCUT2D eigenvalue weighted by Gasteiger charge is 2.13. The van der Waals surface area contributed by atoms with E-state index in [1.807, 2.05) is 39.0 Å². The van der Waals surface area contributed by atoms with E-state index in [0.717, 1.165) is 5.56 Å². The van der Waals surface area contributed by atoms with Gasteiger partial charge in [-0.05, 0) is 42.7 Å². The molecule has 0 aliphatic heterocycles. The number of benzene rings is 2. The maximum Gasteiger partial charge on any atom is 0.256 e. The van der Waals surface area contributed by atoms with Crippen molar-refractivity contribution < 1.29 is 14.3 Å². The number of anilines is 2. The predicted octanol–water partition coefficient (Wildman–Crippen LogP) is 4.24. The van der Waals surface area contributed by atoms with E-state index >= 15 is 0 Å². The summed E-state index contributed by atoms with van der Waals surface area (Å²) in [7, 11) is 1.54. The number of methoxy groups -OCH3 is 1. The zero-order valence-corrected chi connectivity index (χ0v) is 15.1. The molecular formula is C20H24N2O3. The molecule has 2 amide bonds. The minimum Gasteiger partial charge on any atom is -0.495 e. The molecule has 0 heterocycles. The van der Waals surface area contributed by atoms with E-state index in [1.54, 1.807) is 24.3 Å². The van der Waals surface area contributed by atoms with Gasteiger partial charge in [-0.1, -0.05) is 32.0 Å². The molecule has 0 spiro atoms. The molecule has 0 atom stereocenters. The Labute approximate surface area is 148 Å². The number of aryl methyl sites for hydroxylation is 1. The van der Waals surface area contributed by atoms with Gasteiger partial charge in [-0.2, -0.15) is 0 Å². The van der Waals surface area contributed by atoms with Gasteiger partial charge in [0.2, 0.25) is 5.91 Å². The van der Waals surface area contributed by atoms with Crippen molar-refractivity contribution in [2.75, 3.05) is 17.7 Å². The van der Waals surface area contributed by atoms with Crippen molar-refractivity contribution in [3.8, 4) is 5.75 Å². The summed E-state index contributed by atoms with van der Waals surface area (Å²) in [6.07, 6.45) is 0.441. The van der Waals surface area contributed by atoms with Crippen molar-refractivity contribution in [2.45, 2.75) is 27.2 Å². The summed E-state index contributed by atoms with van der Waals surface area (Å²) in [4.78, 5) is 24.5. The molecule has 0 bridgehead atoms. The van der Waals surface area contributed by atoms with E-state index < -0.39 is 0 Å². The number of hydrogen-bond acceptors (Lipinski definition) is 3. The van der Waals surface area contributed by atoms with Crippen LogP contribution in [-0.4, -0.2) is 18.9 Å². The normalized spacial score (nSPS) is 10.4. The standard InChI is InChI=1S/C20H24N2O3/c1-13(2)11-19(23)21-15-9-10-18(25-4)17(12-15)22-20(24)16-8-6-5-7-14(16)3/h5-10,12-13H,11H2,1-4H3,(H,21,23)(H,22,24). The van der Waals surface area contributed by atoms with Crippen LogP contribution in [0.1, 0.15) is 36.2 Å². The van der Waals surface area contributed by atoms with Crippen LogP contribution in [-0.2, 0) is 4.79 Å². The summed E-state index contributed by atoms with van der Waals surface area (Å²) in [5, 5.41) is 5.70. The second-order valence-corrected chi connectivity index (χ2v) is 6.33. The maximum atomic E-state index is 12.5. The molecule has 0 radical (unpaired) electrons. The van der Waals surface area contributed by atoms with Gasteiger partial charge in [0.25, 0.3) is 5.91 Å². The third-order valence-corrected chi connectivity index (χ3v) is 3.71. The fourth-order valence-electron chi connectivity index (χ4n) is 2.48. The van der Waals surface area contributed by atoms with Crippen LogP contribution in [0, 0.1) is 12.8 Å². The topological polar surface area (TPSA) is 67.4 Å². The summed E-state index contributed by atoms with van der Waals surface area (Å²) >= 11 is 0. The first-order valence-electron chi connectivity index (χ1n) is 8.25. The monoisotopic (exact) mass is 340 g/mol. The number of nitrogens with one attached hydrogen (secondary N) is 2. The Morgan fingerprint density at radius 2 is 1.80 bits per heavy atom. The minimum atomic E-state index is -0.220. The second kappa shape index (κ2) is 8.33. The maximum absolute atomic E-state index is 12.5. The van der Waals surface area contributed by atoms with Crippen LogP contribution in [0.15, 0.2) is 42.5 Å². The van der Waals surface area contributed by atoms with E-state index in [9.17, 15) is 9.59 Å². The second-order valence-electron chi connectivity index (χ2n) is 6.33. The molecule has 0 aliphatic rings. The Kier molecular flexibility index (Phi) is 6.17. The smallest absolute Gasteiger partial charge is 0.256 e. The highest BCUT2D eigenvalue weighted by molar-refractivity contribution is 6.06. The van der Waals surface area contributed by atoms with Crippen molar-refractivity contribution in [1.82, 2.24) is 0 Å². The van der Waals surface area contributed by atoms with Crippen LogP contribution in [0.25, 0.3) is 0 Å². The summed E-state index contributed by atoms with van der Waals surface area (Å²) in [5.74, 6) is 0.528. The van der Waals surface area contributed by atoms with Gasteiger partial charge in [0.15, 0.2) is 0 Å². The minimum absolute atomic E-state index is 0.0589. The van der Waals surface area contributed by atoms with E-state index in [4.69, 9.17) is 4.74 Å². The molecule has 0 aliphatic carbocycles. The predicted molar refractivity (Wildman–Crippen MR) is 100 cm³/mol. The van der Waals surface area contributed by atoms with Gasteiger partial charge in [-0.15, -0.1) is 0 Å². The summed E-state index contributed by atoms with van der Waals surface area (Å²) in [6.45, 7) is 5.86. The van der Waals surface area contributed by atoms with E-state index in [-0.39, 0.29) is 17.7 Å². The molecule has 2 aromatic carbocycles. The van der Waals surface area contributed by atoms with Crippen molar-refractivity contribution in [3.05, 3.63) is 53.6 Å². The molecule has 0 saturated carbocycles. The van der Waals surface area contributed by atoms with Gasteiger partial charge in [0.1, 0.15) is 5.75 Å². The Morgan fingerprint density at radius 3 is 2.44 bits per heavy atom. The highest BCUT2D eigenvalue weighted by atomic mass is 16.5. The fourth-order valence-corrected chi connectivity index (χ4v) is 2.48. The Bertz CT molecular complexity index is 769. The van der Waals surface area contributed by atoms with Crippen LogP contribution in [0.5, 0.6) is 5.75 Å². The van der Waals surface area contributed by atoms with Gasteiger partial charge in [-0.3, -0.25) is 9.59 Å². The molecule has 0 saturated heterocycles. The van der Waals surface area contributed by atoms with Crippen molar-refractivity contribution >= 4 is 23.2 Å². The molecule has 2 rings (SSSR count).